The number of hydrogen-bond donors (Lipinski definition) is 1. The minimum absolute atomic E-state index is 0.0308. The number of alkyl halides is 3. The molecule has 0 aliphatic heterocycles. The van der Waals surface area contributed by atoms with Crippen molar-refractivity contribution in [1.82, 2.24) is 0 Å². The van der Waals surface area contributed by atoms with Gasteiger partial charge in [-0.1, -0.05) is 29.3 Å². The molecule has 0 unspecified atom stereocenters. The molecule has 2 nitrogen and oxygen atoms in total. The molecule has 0 spiro atoms. The Morgan fingerprint density at radius 1 is 1.20 bits per heavy atom. The van der Waals surface area contributed by atoms with Crippen LogP contribution >= 0.6 is 34.5 Å². The van der Waals surface area contributed by atoms with Gasteiger partial charge in [-0.05, 0) is 24.3 Å². The van der Waals surface area contributed by atoms with Crippen LogP contribution in [-0.4, -0.2) is 5.91 Å². The molecule has 0 saturated heterocycles. The number of halogens is 5. The summed E-state index contributed by atoms with van der Waals surface area (Å²) in [7, 11) is 0. The van der Waals surface area contributed by atoms with Gasteiger partial charge >= 0.3 is 6.18 Å². The monoisotopic (exact) mass is 339 g/mol. The molecule has 1 N–H and O–H groups in total. The van der Waals surface area contributed by atoms with Crippen LogP contribution < -0.4 is 5.32 Å². The molecule has 1 aromatic heterocycles. The third-order valence-electron chi connectivity index (χ3n) is 2.35. The molecule has 0 aliphatic rings. The number of thiophene rings is 1. The maximum atomic E-state index is 12.5. The van der Waals surface area contributed by atoms with E-state index in [1.54, 1.807) is 0 Å². The van der Waals surface area contributed by atoms with Gasteiger partial charge in [0, 0.05) is 5.69 Å². The van der Waals surface area contributed by atoms with Gasteiger partial charge in [-0.3, -0.25) is 4.79 Å². The number of anilines is 1. The summed E-state index contributed by atoms with van der Waals surface area (Å²) in [5, 5.41) is 2.35. The summed E-state index contributed by atoms with van der Waals surface area (Å²) < 4.78 is 38.1. The Kier molecular flexibility index (Phi) is 4.27. The van der Waals surface area contributed by atoms with Crippen molar-refractivity contribution in [2.75, 3.05) is 5.32 Å². The molecule has 0 radical (unpaired) electrons. The summed E-state index contributed by atoms with van der Waals surface area (Å²) in [4.78, 5) is 11.9. The standard InChI is InChI=1S/C12H6Cl2F3NOS/c13-9-5-8(10(14)20-9)11(19)18-7-3-1-2-6(4-7)12(15,16)17/h1-5H,(H,18,19). The minimum Gasteiger partial charge on any atom is -0.322 e. The molecule has 8 heteroatoms. The van der Waals surface area contributed by atoms with Crippen molar-refractivity contribution >= 4 is 46.1 Å². The van der Waals surface area contributed by atoms with Crippen LogP contribution in [0.3, 0.4) is 0 Å². The molecule has 0 fully saturated rings. The lowest BCUT2D eigenvalue weighted by molar-refractivity contribution is -0.137. The van der Waals surface area contributed by atoms with Crippen LogP contribution in [-0.2, 0) is 6.18 Å². The van der Waals surface area contributed by atoms with Crippen LogP contribution in [0.1, 0.15) is 15.9 Å². The lowest BCUT2D eigenvalue weighted by Gasteiger charge is -2.09. The Morgan fingerprint density at radius 2 is 1.90 bits per heavy atom. The van der Waals surface area contributed by atoms with E-state index < -0.39 is 17.6 Å². The second-order valence-corrected chi connectivity index (χ2v) is 6.06. The van der Waals surface area contributed by atoms with Crippen LogP contribution in [0.2, 0.25) is 8.67 Å². The maximum Gasteiger partial charge on any atom is 0.416 e. The molecule has 0 atom stereocenters. The summed E-state index contributed by atoms with van der Waals surface area (Å²) in [6, 6.07) is 5.69. The van der Waals surface area contributed by atoms with Gasteiger partial charge in [-0.25, -0.2) is 0 Å². The van der Waals surface area contributed by atoms with Crippen molar-refractivity contribution in [3.8, 4) is 0 Å². The Labute approximate surface area is 126 Å². The van der Waals surface area contributed by atoms with Gasteiger partial charge in [0.15, 0.2) is 0 Å². The average Bonchev–Trinajstić information content (AvgIpc) is 2.68. The van der Waals surface area contributed by atoms with E-state index in [0.717, 1.165) is 23.5 Å². The first kappa shape index (κ1) is 15.2. The molecule has 0 saturated carbocycles. The second kappa shape index (κ2) is 5.63. The smallest absolute Gasteiger partial charge is 0.322 e. The van der Waals surface area contributed by atoms with Crippen molar-refractivity contribution in [3.05, 3.63) is 50.1 Å². The molecule has 2 rings (SSSR count). The Morgan fingerprint density at radius 3 is 2.45 bits per heavy atom. The van der Waals surface area contributed by atoms with Crippen LogP contribution in [0.15, 0.2) is 30.3 Å². The van der Waals surface area contributed by atoms with Crippen LogP contribution in [0.25, 0.3) is 0 Å². The molecule has 0 bridgehead atoms. The highest BCUT2D eigenvalue weighted by Gasteiger charge is 2.30. The lowest BCUT2D eigenvalue weighted by Crippen LogP contribution is -2.12. The maximum absolute atomic E-state index is 12.5. The fraction of sp³-hybridized carbons (Fsp3) is 0.0833. The highest BCUT2D eigenvalue weighted by Crippen LogP contribution is 2.33. The fourth-order valence-electron chi connectivity index (χ4n) is 1.47. The number of rotatable bonds is 2. The molecule has 2 aromatic rings. The first-order chi connectivity index (χ1) is 9.27. The van der Waals surface area contributed by atoms with Gasteiger partial charge in [-0.2, -0.15) is 13.2 Å². The van der Waals surface area contributed by atoms with E-state index in [9.17, 15) is 18.0 Å². The molecular formula is C12H6Cl2F3NOS. The SMILES string of the molecule is O=C(Nc1cccc(C(F)(F)F)c1)c1cc(Cl)sc1Cl. The fourth-order valence-corrected chi connectivity index (χ4v) is 2.93. The van der Waals surface area contributed by atoms with Gasteiger partial charge in [0.2, 0.25) is 0 Å². The number of benzene rings is 1. The van der Waals surface area contributed by atoms with Crippen molar-refractivity contribution in [3.63, 3.8) is 0 Å². The van der Waals surface area contributed by atoms with E-state index >= 15 is 0 Å². The molecule has 20 heavy (non-hydrogen) atoms. The number of nitrogens with one attached hydrogen (secondary N) is 1. The molecule has 1 amide bonds. The molecular weight excluding hydrogens is 334 g/mol. The predicted octanol–water partition coefficient (Wildman–Crippen LogP) is 5.33. The van der Waals surface area contributed by atoms with E-state index in [2.05, 4.69) is 5.32 Å². The molecule has 106 valence electrons. The van der Waals surface area contributed by atoms with E-state index in [0.29, 0.717) is 4.34 Å². The highest BCUT2D eigenvalue weighted by atomic mass is 35.5. The number of carbonyl (C=O) groups excluding carboxylic acids is 1. The number of hydrogen-bond acceptors (Lipinski definition) is 2. The summed E-state index contributed by atoms with van der Waals surface area (Å²) in [6.45, 7) is 0. The van der Waals surface area contributed by atoms with Gasteiger partial charge in [0.1, 0.15) is 4.34 Å². The zero-order valence-corrected chi connectivity index (χ0v) is 11.9. The third-order valence-corrected chi connectivity index (χ3v) is 3.84. The Hall–Kier alpha value is -1.24. The van der Waals surface area contributed by atoms with E-state index in [4.69, 9.17) is 23.2 Å². The zero-order valence-electron chi connectivity index (χ0n) is 9.59. The molecule has 1 aromatic carbocycles. The third kappa shape index (κ3) is 3.45. The zero-order chi connectivity index (χ0) is 14.9. The first-order valence-electron chi connectivity index (χ1n) is 5.21. The summed E-state index contributed by atoms with van der Waals surface area (Å²) in [5.74, 6) is -0.613. The van der Waals surface area contributed by atoms with Crippen molar-refractivity contribution in [2.45, 2.75) is 6.18 Å². The molecule has 1 heterocycles. The Balaban J connectivity index is 2.22. The van der Waals surface area contributed by atoms with Crippen molar-refractivity contribution in [1.29, 1.82) is 0 Å². The quantitative estimate of drug-likeness (QED) is 0.787. The van der Waals surface area contributed by atoms with Crippen LogP contribution in [0.4, 0.5) is 18.9 Å². The van der Waals surface area contributed by atoms with Crippen LogP contribution in [0.5, 0.6) is 0 Å². The highest BCUT2D eigenvalue weighted by molar-refractivity contribution is 7.20. The number of amides is 1. The summed E-state index contributed by atoms with van der Waals surface area (Å²) in [5.41, 5.74) is -0.688. The predicted molar refractivity (Wildman–Crippen MR) is 73.7 cm³/mol. The van der Waals surface area contributed by atoms with Crippen molar-refractivity contribution < 1.29 is 18.0 Å². The summed E-state index contributed by atoms with van der Waals surface area (Å²) in [6.07, 6.45) is -4.47. The van der Waals surface area contributed by atoms with E-state index in [-0.39, 0.29) is 15.6 Å². The van der Waals surface area contributed by atoms with Gasteiger partial charge in [0.25, 0.3) is 5.91 Å². The lowest BCUT2D eigenvalue weighted by atomic mass is 10.2. The van der Waals surface area contributed by atoms with E-state index in [1.807, 2.05) is 0 Å². The Bertz CT molecular complexity index is 654. The first-order valence-corrected chi connectivity index (χ1v) is 6.78. The van der Waals surface area contributed by atoms with E-state index in [1.165, 1.54) is 18.2 Å². The summed E-state index contributed by atoms with van der Waals surface area (Å²) >= 11 is 12.5. The van der Waals surface area contributed by atoms with Crippen molar-refractivity contribution in [2.24, 2.45) is 0 Å². The largest absolute Gasteiger partial charge is 0.416 e. The minimum atomic E-state index is -4.47. The van der Waals surface area contributed by atoms with Gasteiger partial charge in [0.05, 0.1) is 15.5 Å². The second-order valence-electron chi connectivity index (χ2n) is 3.77. The van der Waals surface area contributed by atoms with Crippen LogP contribution in [0, 0.1) is 0 Å². The van der Waals surface area contributed by atoms with Gasteiger partial charge in [-0.15, -0.1) is 11.3 Å². The normalized spacial score (nSPS) is 11.4. The molecule has 0 aliphatic carbocycles. The average molecular weight is 340 g/mol. The topological polar surface area (TPSA) is 29.1 Å². The number of carbonyl (C=O) groups is 1. The van der Waals surface area contributed by atoms with Gasteiger partial charge < -0.3 is 5.32 Å².